The highest BCUT2D eigenvalue weighted by molar-refractivity contribution is 6.06. The minimum absolute atomic E-state index is 0.0205. The number of carbonyl (C=O) groups is 2. The van der Waals surface area contributed by atoms with Gasteiger partial charge >= 0.3 is 0 Å². The Morgan fingerprint density at radius 2 is 1.87 bits per heavy atom. The first-order chi connectivity index (χ1) is 21.7. The number of nitriles is 1. The van der Waals surface area contributed by atoms with Gasteiger partial charge in [0.15, 0.2) is 11.6 Å². The van der Waals surface area contributed by atoms with Crippen molar-refractivity contribution in [1.29, 1.82) is 5.26 Å². The number of benzene rings is 3. The SMILES string of the molecule is COC1CCC(NC/C=C/C(=O)Nc2ccc(C(=O)Nc3cc(F)c(F)c(-c4cc5ncn(C)c5cc4C)c3)cc2C#N)CC1. The van der Waals surface area contributed by atoms with Crippen LogP contribution in [0.2, 0.25) is 0 Å². The zero-order chi connectivity index (χ0) is 32.1. The molecule has 1 saturated carbocycles. The molecule has 0 aliphatic heterocycles. The highest BCUT2D eigenvalue weighted by Gasteiger charge is 2.20. The van der Waals surface area contributed by atoms with E-state index in [1.165, 1.54) is 30.3 Å². The van der Waals surface area contributed by atoms with Gasteiger partial charge in [0, 0.05) is 55.7 Å². The summed E-state index contributed by atoms with van der Waals surface area (Å²) < 4.78 is 36.9. The number of anilines is 2. The van der Waals surface area contributed by atoms with Crippen molar-refractivity contribution in [3.63, 3.8) is 0 Å². The van der Waals surface area contributed by atoms with Gasteiger partial charge in [0.05, 0.1) is 34.7 Å². The lowest BCUT2D eigenvalue weighted by Gasteiger charge is -2.27. The molecule has 1 fully saturated rings. The highest BCUT2D eigenvalue weighted by atomic mass is 19.2. The van der Waals surface area contributed by atoms with Gasteiger partial charge in [0.25, 0.3) is 5.91 Å². The summed E-state index contributed by atoms with van der Waals surface area (Å²) in [6.07, 6.45) is 9.12. The smallest absolute Gasteiger partial charge is 0.255 e. The lowest BCUT2D eigenvalue weighted by molar-refractivity contribution is -0.111. The summed E-state index contributed by atoms with van der Waals surface area (Å²) in [5.74, 6) is -3.22. The minimum Gasteiger partial charge on any atom is -0.381 e. The average molecular weight is 613 g/mol. The van der Waals surface area contributed by atoms with Crippen molar-refractivity contribution in [2.45, 2.75) is 44.8 Å². The number of imidazole rings is 1. The van der Waals surface area contributed by atoms with Crippen molar-refractivity contribution >= 4 is 34.2 Å². The van der Waals surface area contributed by atoms with Gasteiger partial charge in [-0.15, -0.1) is 0 Å². The number of aryl methyl sites for hydroxylation is 2. The number of rotatable bonds is 9. The summed E-state index contributed by atoms with van der Waals surface area (Å²) in [5.41, 5.74) is 3.05. The van der Waals surface area contributed by atoms with Crippen LogP contribution >= 0.6 is 0 Å². The predicted octanol–water partition coefficient (Wildman–Crippen LogP) is 5.99. The van der Waals surface area contributed by atoms with Gasteiger partial charge in [-0.3, -0.25) is 9.59 Å². The Labute approximate surface area is 259 Å². The Balaban J connectivity index is 1.24. The fraction of sp³-hybridized carbons (Fsp3) is 0.294. The molecule has 1 heterocycles. The van der Waals surface area contributed by atoms with E-state index >= 15 is 0 Å². The Morgan fingerprint density at radius 3 is 2.60 bits per heavy atom. The number of fused-ring (bicyclic) bond motifs is 1. The van der Waals surface area contributed by atoms with Crippen molar-refractivity contribution in [1.82, 2.24) is 14.9 Å². The highest BCUT2D eigenvalue weighted by Crippen LogP contribution is 2.33. The number of hydrogen-bond donors (Lipinski definition) is 3. The Morgan fingerprint density at radius 1 is 1.09 bits per heavy atom. The second-order valence-corrected chi connectivity index (χ2v) is 11.2. The van der Waals surface area contributed by atoms with Gasteiger partial charge in [-0.05, 0) is 80.1 Å². The van der Waals surface area contributed by atoms with Crippen LogP contribution < -0.4 is 16.0 Å². The van der Waals surface area contributed by atoms with Crippen molar-refractivity contribution in [3.8, 4) is 17.2 Å². The van der Waals surface area contributed by atoms with E-state index in [9.17, 15) is 23.6 Å². The summed E-state index contributed by atoms with van der Waals surface area (Å²) in [6.45, 7) is 2.32. The first kappa shape index (κ1) is 31.5. The van der Waals surface area contributed by atoms with Crippen molar-refractivity contribution < 1.29 is 23.1 Å². The number of amides is 2. The van der Waals surface area contributed by atoms with E-state index in [4.69, 9.17) is 4.74 Å². The quantitative estimate of drug-likeness (QED) is 0.200. The van der Waals surface area contributed by atoms with Crippen LogP contribution in [0.3, 0.4) is 0 Å². The van der Waals surface area contributed by atoms with Gasteiger partial charge in [-0.2, -0.15) is 5.26 Å². The molecule has 0 bridgehead atoms. The number of aromatic nitrogens is 2. The van der Waals surface area contributed by atoms with Gasteiger partial charge in [0.2, 0.25) is 5.91 Å². The zero-order valence-corrected chi connectivity index (χ0v) is 25.3. The molecule has 1 aliphatic carbocycles. The van der Waals surface area contributed by atoms with Crippen LogP contribution in [0.4, 0.5) is 20.2 Å². The van der Waals surface area contributed by atoms with Crippen LogP contribution in [0.5, 0.6) is 0 Å². The molecule has 11 heteroatoms. The minimum atomic E-state index is -1.12. The lowest BCUT2D eigenvalue weighted by Crippen LogP contribution is -2.35. The van der Waals surface area contributed by atoms with Crippen LogP contribution in [-0.2, 0) is 16.6 Å². The fourth-order valence-corrected chi connectivity index (χ4v) is 5.59. The fourth-order valence-electron chi connectivity index (χ4n) is 5.59. The molecular formula is C34H34F2N6O3. The monoisotopic (exact) mass is 612 g/mol. The molecule has 0 atom stereocenters. The van der Waals surface area contributed by atoms with Gasteiger partial charge in [0.1, 0.15) is 6.07 Å². The lowest BCUT2D eigenvalue weighted by atomic mass is 9.93. The van der Waals surface area contributed by atoms with Gasteiger partial charge in [-0.25, -0.2) is 13.8 Å². The van der Waals surface area contributed by atoms with Crippen LogP contribution in [0.25, 0.3) is 22.2 Å². The second-order valence-electron chi connectivity index (χ2n) is 11.2. The van der Waals surface area contributed by atoms with Crippen LogP contribution in [0, 0.1) is 29.9 Å². The van der Waals surface area contributed by atoms with Crippen molar-refractivity contribution in [3.05, 3.63) is 89.3 Å². The average Bonchev–Trinajstić information content (AvgIpc) is 3.39. The van der Waals surface area contributed by atoms with E-state index in [-0.39, 0.29) is 28.1 Å². The predicted molar refractivity (Wildman–Crippen MR) is 169 cm³/mol. The second kappa shape index (κ2) is 13.8. The number of nitrogens with one attached hydrogen (secondary N) is 3. The van der Waals surface area contributed by atoms with E-state index in [0.29, 0.717) is 35.3 Å². The Bertz CT molecular complexity index is 1820. The molecule has 0 spiro atoms. The van der Waals surface area contributed by atoms with Gasteiger partial charge in [-0.1, -0.05) is 6.08 Å². The number of halogens is 2. The number of nitrogens with zero attached hydrogens (tertiary/aromatic N) is 3. The van der Waals surface area contributed by atoms with E-state index < -0.39 is 23.4 Å². The topological polar surface area (TPSA) is 121 Å². The van der Waals surface area contributed by atoms with E-state index in [1.54, 1.807) is 32.5 Å². The molecule has 0 radical (unpaired) electrons. The van der Waals surface area contributed by atoms with Crippen molar-refractivity contribution in [2.75, 3.05) is 24.3 Å². The third-order valence-corrected chi connectivity index (χ3v) is 8.11. The molecular weight excluding hydrogens is 578 g/mol. The Hall–Kier alpha value is -4.92. The normalized spacial score (nSPS) is 16.5. The van der Waals surface area contributed by atoms with E-state index in [0.717, 1.165) is 37.3 Å². The first-order valence-corrected chi connectivity index (χ1v) is 14.7. The largest absolute Gasteiger partial charge is 0.381 e. The van der Waals surface area contributed by atoms with Crippen molar-refractivity contribution in [2.24, 2.45) is 7.05 Å². The van der Waals surface area contributed by atoms with Crippen LogP contribution in [0.1, 0.15) is 47.2 Å². The maximum absolute atomic E-state index is 15.0. The Kier molecular flexibility index (Phi) is 9.66. The molecule has 3 aromatic carbocycles. The number of carbonyl (C=O) groups excluding carboxylic acids is 2. The number of hydrogen-bond acceptors (Lipinski definition) is 6. The third-order valence-electron chi connectivity index (χ3n) is 8.11. The molecule has 232 valence electrons. The van der Waals surface area contributed by atoms with E-state index in [1.807, 2.05) is 23.8 Å². The molecule has 9 nitrogen and oxygen atoms in total. The molecule has 3 N–H and O–H groups in total. The molecule has 2 amide bonds. The summed E-state index contributed by atoms with van der Waals surface area (Å²) in [5, 5.41) is 18.4. The molecule has 5 rings (SSSR count). The molecule has 4 aromatic rings. The zero-order valence-electron chi connectivity index (χ0n) is 25.3. The summed E-state index contributed by atoms with van der Waals surface area (Å²) in [4.78, 5) is 29.9. The van der Waals surface area contributed by atoms with Crippen LogP contribution in [-0.4, -0.2) is 47.2 Å². The third kappa shape index (κ3) is 7.25. The van der Waals surface area contributed by atoms with E-state index in [2.05, 4.69) is 20.9 Å². The summed E-state index contributed by atoms with van der Waals surface area (Å²) >= 11 is 0. The summed E-state index contributed by atoms with van der Waals surface area (Å²) in [7, 11) is 3.58. The first-order valence-electron chi connectivity index (χ1n) is 14.7. The molecule has 0 unspecified atom stereocenters. The number of ether oxygens (including phenoxy) is 1. The van der Waals surface area contributed by atoms with Gasteiger partial charge < -0.3 is 25.3 Å². The molecule has 0 saturated heterocycles. The van der Waals surface area contributed by atoms with Crippen LogP contribution in [0.15, 0.2) is 60.9 Å². The maximum Gasteiger partial charge on any atom is 0.255 e. The molecule has 45 heavy (non-hydrogen) atoms. The molecule has 1 aromatic heterocycles. The maximum atomic E-state index is 15.0. The summed E-state index contributed by atoms with van der Waals surface area (Å²) in [6, 6.07) is 12.4. The molecule has 1 aliphatic rings. The standard InChI is InChI=1S/C34H34F2N6O3/c1-20-13-31-30(39-19-42(31)2)17-26(20)27-15-24(16-28(35)33(27)36)40-34(44)21-6-11-29(22(14-21)18-37)41-32(43)5-4-12-38-23-7-9-25(45-3)10-8-23/h4-6,11,13-17,19,23,25,38H,7-10,12H2,1-3H3,(H,40,44)(H,41,43)/b5-4+. The number of methoxy groups -OCH3 is 1.